The molecule has 0 bridgehead atoms. The molecule has 0 unspecified atom stereocenters. The summed E-state index contributed by atoms with van der Waals surface area (Å²) in [5.41, 5.74) is 4.94. The average Bonchev–Trinajstić information content (AvgIpc) is 3.03. The van der Waals surface area contributed by atoms with Gasteiger partial charge in [-0.1, -0.05) is 13.8 Å². The zero-order valence-corrected chi connectivity index (χ0v) is 30.0. The van der Waals surface area contributed by atoms with Gasteiger partial charge >= 0.3 is 0 Å². The topological polar surface area (TPSA) is 264 Å². The second-order valence-electron chi connectivity index (χ2n) is 11.8. The molecule has 0 rings (SSSR count). The first-order chi connectivity index (χ1) is 23.1. The molecular formula is C29H51N11O10. The number of nitrogens with two attached hydrogens (primary N) is 1. The van der Waals surface area contributed by atoms with E-state index in [9.17, 15) is 47.9 Å². The van der Waals surface area contributed by atoms with E-state index in [1.54, 1.807) is 0 Å². The summed E-state index contributed by atoms with van der Waals surface area (Å²) in [7, 11) is 8.10. The normalized spacial score (nSPS) is 10.3. The lowest BCUT2D eigenvalue weighted by Crippen LogP contribution is -2.49. The van der Waals surface area contributed by atoms with Crippen LogP contribution in [0.5, 0.6) is 0 Å². The van der Waals surface area contributed by atoms with Gasteiger partial charge < -0.3 is 56.4 Å². The van der Waals surface area contributed by atoms with E-state index >= 15 is 0 Å². The number of carbonyl (C=O) groups excluding carboxylic acids is 10. The molecule has 21 heteroatoms. The number of carbonyl (C=O) groups is 10. The van der Waals surface area contributed by atoms with Crippen LogP contribution in [0, 0.1) is 0 Å². The minimum absolute atomic E-state index is 0.0591. The molecule has 0 aromatic rings. The van der Waals surface area contributed by atoms with Crippen molar-refractivity contribution in [3.8, 4) is 0 Å². The molecule has 0 saturated heterocycles. The third-order valence-electron chi connectivity index (χ3n) is 6.81. The van der Waals surface area contributed by atoms with Crippen molar-refractivity contribution < 1.29 is 47.9 Å². The number of amides is 10. The van der Waals surface area contributed by atoms with Gasteiger partial charge in [0.05, 0.1) is 65.4 Å². The van der Waals surface area contributed by atoms with Crippen LogP contribution in [0.2, 0.25) is 0 Å². The van der Waals surface area contributed by atoms with Crippen LogP contribution in [-0.4, -0.2) is 202 Å². The lowest BCUT2D eigenvalue weighted by Gasteiger charge is -2.23. The molecule has 0 aromatic carbocycles. The average molecular weight is 714 g/mol. The van der Waals surface area contributed by atoms with Gasteiger partial charge in [0.25, 0.3) is 0 Å². The van der Waals surface area contributed by atoms with Gasteiger partial charge in [-0.05, 0) is 0 Å². The fourth-order valence-electron chi connectivity index (χ4n) is 3.54. The van der Waals surface area contributed by atoms with E-state index in [0.717, 1.165) is 24.5 Å². The van der Waals surface area contributed by atoms with Gasteiger partial charge in [0.15, 0.2) is 0 Å². The summed E-state index contributed by atoms with van der Waals surface area (Å²) in [5.74, 6) is -5.95. The Labute approximate surface area is 291 Å². The van der Waals surface area contributed by atoms with Crippen molar-refractivity contribution in [2.24, 2.45) is 5.73 Å². The van der Waals surface area contributed by atoms with Crippen molar-refractivity contribution in [3.63, 3.8) is 0 Å². The highest BCUT2D eigenvalue weighted by atomic mass is 16.2. The highest BCUT2D eigenvalue weighted by molar-refractivity contribution is 5.93. The van der Waals surface area contributed by atoms with E-state index in [4.69, 9.17) is 5.73 Å². The fourth-order valence-corrected chi connectivity index (χ4v) is 3.54. The number of likely N-dealkylation sites (N-methyl/N-ethyl adjacent to an activating group) is 6. The molecule has 0 spiro atoms. The Morgan fingerprint density at radius 3 is 0.960 bits per heavy atom. The van der Waals surface area contributed by atoms with E-state index in [1.165, 1.54) is 47.2 Å². The number of hydrogen-bond donors (Lipinski definition) is 5. The van der Waals surface area contributed by atoms with Crippen LogP contribution >= 0.6 is 0 Å². The maximum absolute atomic E-state index is 12.6. The van der Waals surface area contributed by atoms with Gasteiger partial charge in [0, 0.05) is 48.3 Å². The highest BCUT2D eigenvalue weighted by Crippen LogP contribution is 1.95. The smallest absolute Gasteiger partial charge is 0.242 e. The summed E-state index contributed by atoms with van der Waals surface area (Å²) in [4.78, 5) is 128. The van der Waals surface area contributed by atoms with Crippen molar-refractivity contribution in [2.45, 2.75) is 19.9 Å². The molecule has 0 radical (unpaired) electrons. The summed E-state index contributed by atoms with van der Waals surface area (Å²) in [6, 6.07) is 0.0910. The van der Waals surface area contributed by atoms with Gasteiger partial charge in [-0.15, -0.1) is 0 Å². The maximum atomic E-state index is 12.6. The SMILES string of the molecule is CC(C)NCC(=O)N(C)CC(=O)N(C)CC(=O)NCC(=O)N(C)CC(=O)N(C)CC(=O)NCC(=O)N(C)CC(=O)N(C)CC(=O)NCC(N)=O. The maximum Gasteiger partial charge on any atom is 0.242 e. The lowest BCUT2D eigenvalue weighted by molar-refractivity contribution is -0.141. The highest BCUT2D eigenvalue weighted by Gasteiger charge is 2.22. The fraction of sp³-hybridized carbons (Fsp3) is 0.655. The standard InChI is InChI=1S/C29H51N11O10/c1-19(2)31-10-24(45)38(6)16-27(48)36(4)14-22(43)33-12-26(47)40(8)18-29(50)37(5)15-23(44)34-11-25(46)39(7)17-28(49)35(3)13-21(42)32-9-20(30)41/h19,31H,9-18H2,1-8H3,(H2,30,41)(H,32,42)(H,33,43)(H,34,44). The van der Waals surface area contributed by atoms with E-state index < -0.39 is 85.9 Å². The van der Waals surface area contributed by atoms with Crippen LogP contribution in [0.4, 0.5) is 0 Å². The van der Waals surface area contributed by atoms with Crippen molar-refractivity contribution in [1.82, 2.24) is 50.7 Å². The number of hydrogen-bond acceptors (Lipinski definition) is 11. The Balaban J connectivity index is 4.56. The summed E-state index contributed by atoms with van der Waals surface area (Å²) in [6.45, 7) is 0.194. The molecular weight excluding hydrogens is 662 g/mol. The Bertz CT molecular complexity index is 1280. The van der Waals surface area contributed by atoms with Gasteiger partial charge in [-0.3, -0.25) is 47.9 Å². The molecule has 0 saturated carbocycles. The monoisotopic (exact) mass is 713 g/mol. The summed E-state index contributed by atoms with van der Waals surface area (Å²) >= 11 is 0. The van der Waals surface area contributed by atoms with E-state index in [-0.39, 0.29) is 44.7 Å². The zero-order valence-electron chi connectivity index (χ0n) is 30.0. The predicted molar refractivity (Wildman–Crippen MR) is 177 cm³/mol. The molecule has 0 aliphatic rings. The second-order valence-corrected chi connectivity index (χ2v) is 11.8. The number of nitrogens with one attached hydrogen (secondary N) is 4. The van der Waals surface area contributed by atoms with Crippen LogP contribution in [0.3, 0.4) is 0 Å². The van der Waals surface area contributed by atoms with Gasteiger partial charge in [0.2, 0.25) is 59.1 Å². The Morgan fingerprint density at radius 1 is 0.420 bits per heavy atom. The quantitative estimate of drug-likeness (QED) is 0.0747. The van der Waals surface area contributed by atoms with Crippen molar-refractivity contribution in [3.05, 3.63) is 0 Å². The van der Waals surface area contributed by atoms with E-state index in [2.05, 4.69) is 21.3 Å². The molecule has 282 valence electrons. The third-order valence-corrected chi connectivity index (χ3v) is 6.81. The van der Waals surface area contributed by atoms with E-state index in [0.29, 0.717) is 0 Å². The molecule has 0 aromatic heterocycles. The largest absolute Gasteiger partial charge is 0.368 e. The van der Waals surface area contributed by atoms with Crippen molar-refractivity contribution in [2.75, 3.05) is 108 Å². The summed E-state index contributed by atoms with van der Waals surface area (Å²) < 4.78 is 0. The third kappa shape index (κ3) is 18.9. The summed E-state index contributed by atoms with van der Waals surface area (Å²) in [5, 5.41) is 9.88. The molecule has 0 fully saturated rings. The Morgan fingerprint density at radius 2 is 0.680 bits per heavy atom. The lowest BCUT2D eigenvalue weighted by atomic mass is 10.3. The van der Waals surface area contributed by atoms with Crippen LogP contribution in [0.25, 0.3) is 0 Å². The Hall–Kier alpha value is -5.34. The van der Waals surface area contributed by atoms with Crippen molar-refractivity contribution >= 4 is 59.1 Å². The predicted octanol–water partition coefficient (Wildman–Crippen LogP) is -6.43. The van der Waals surface area contributed by atoms with Gasteiger partial charge in [-0.25, -0.2) is 0 Å². The van der Waals surface area contributed by atoms with Gasteiger partial charge in [-0.2, -0.15) is 0 Å². The number of rotatable bonds is 21. The first kappa shape index (κ1) is 44.7. The van der Waals surface area contributed by atoms with Crippen LogP contribution in [0.1, 0.15) is 13.8 Å². The summed E-state index contributed by atoms with van der Waals surface area (Å²) in [6.07, 6.45) is 0. The van der Waals surface area contributed by atoms with Crippen LogP contribution < -0.4 is 27.0 Å². The van der Waals surface area contributed by atoms with Crippen molar-refractivity contribution in [1.29, 1.82) is 0 Å². The molecule has 0 aliphatic heterocycles. The molecule has 10 amide bonds. The molecule has 0 heterocycles. The van der Waals surface area contributed by atoms with Crippen LogP contribution in [-0.2, 0) is 47.9 Å². The van der Waals surface area contributed by atoms with E-state index in [1.807, 2.05) is 13.8 Å². The molecule has 50 heavy (non-hydrogen) atoms. The molecule has 0 aliphatic carbocycles. The molecule has 21 nitrogen and oxygen atoms in total. The minimum Gasteiger partial charge on any atom is -0.368 e. The first-order valence-corrected chi connectivity index (χ1v) is 15.4. The second kappa shape index (κ2) is 22.3. The van der Waals surface area contributed by atoms with Crippen LogP contribution in [0.15, 0.2) is 0 Å². The van der Waals surface area contributed by atoms with Gasteiger partial charge in [0.1, 0.15) is 0 Å². The molecule has 0 atom stereocenters. The number of nitrogens with zero attached hydrogens (tertiary/aromatic N) is 6. The number of primary amides is 1. The minimum atomic E-state index is -0.751. The Kier molecular flexibility index (Phi) is 19.9. The first-order valence-electron chi connectivity index (χ1n) is 15.4. The molecule has 6 N–H and O–H groups in total. The zero-order chi connectivity index (χ0) is 38.7.